The van der Waals surface area contributed by atoms with Crippen molar-refractivity contribution in [1.82, 2.24) is 9.55 Å². The van der Waals surface area contributed by atoms with Crippen LogP contribution in [0.5, 0.6) is 0 Å². The van der Waals surface area contributed by atoms with Gasteiger partial charge in [-0.05, 0) is 44.9 Å². The molecule has 0 spiro atoms. The molecular weight excluding hydrogens is 404 g/mol. The molecule has 0 aliphatic heterocycles. The number of carbonyl (C=O) groups excluding carboxylic acids is 1. The van der Waals surface area contributed by atoms with Crippen LogP contribution >= 0.6 is 27.7 Å². The van der Waals surface area contributed by atoms with Gasteiger partial charge in [-0.2, -0.15) is 0 Å². The summed E-state index contributed by atoms with van der Waals surface area (Å²) < 4.78 is 7.97. The smallest absolute Gasteiger partial charge is 0.262 e. The predicted molar refractivity (Wildman–Crippen MR) is 105 cm³/mol. The Kier molecular flexibility index (Phi) is 8.12. The Bertz CT molecular complexity index is 792. The number of nitrogens with zero attached hydrogens (tertiary/aromatic N) is 2. The Morgan fingerprint density at radius 2 is 2.16 bits per heavy atom. The van der Waals surface area contributed by atoms with E-state index in [1.54, 1.807) is 11.5 Å². The SMILES string of the molecule is CCOCCCn1c(SCCCC(C)=O)nc2ccc(Br)cc2c1=O. The van der Waals surface area contributed by atoms with Crippen LogP contribution in [0.4, 0.5) is 0 Å². The number of benzene rings is 1. The van der Waals surface area contributed by atoms with E-state index in [1.807, 2.05) is 25.1 Å². The summed E-state index contributed by atoms with van der Waals surface area (Å²) in [5.41, 5.74) is 0.667. The van der Waals surface area contributed by atoms with E-state index in [0.29, 0.717) is 42.2 Å². The number of ether oxygens (including phenoxy) is 1. The van der Waals surface area contributed by atoms with Crippen molar-refractivity contribution in [3.05, 3.63) is 33.0 Å². The van der Waals surface area contributed by atoms with Gasteiger partial charge in [0.1, 0.15) is 5.78 Å². The van der Waals surface area contributed by atoms with E-state index in [1.165, 1.54) is 11.8 Å². The summed E-state index contributed by atoms with van der Waals surface area (Å²) in [5.74, 6) is 0.950. The topological polar surface area (TPSA) is 61.2 Å². The number of rotatable bonds is 10. The largest absolute Gasteiger partial charge is 0.382 e. The lowest BCUT2D eigenvalue weighted by atomic mass is 10.2. The van der Waals surface area contributed by atoms with E-state index >= 15 is 0 Å². The molecular formula is C18H23BrN2O3S. The minimum Gasteiger partial charge on any atom is -0.382 e. The highest BCUT2D eigenvalue weighted by Crippen LogP contribution is 2.21. The second kappa shape index (κ2) is 10.1. The van der Waals surface area contributed by atoms with E-state index in [-0.39, 0.29) is 11.3 Å². The van der Waals surface area contributed by atoms with Crippen LogP contribution in [-0.2, 0) is 16.1 Å². The van der Waals surface area contributed by atoms with Crippen LogP contribution in [0.25, 0.3) is 10.9 Å². The number of aromatic nitrogens is 2. The Labute approximate surface area is 160 Å². The molecule has 2 aromatic rings. The van der Waals surface area contributed by atoms with Crippen LogP contribution in [0.15, 0.2) is 32.6 Å². The fraction of sp³-hybridized carbons (Fsp3) is 0.500. The van der Waals surface area contributed by atoms with Crippen LogP contribution in [0, 0.1) is 0 Å². The molecule has 1 heterocycles. The van der Waals surface area contributed by atoms with E-state index in [4.69, 9.17) is 4.74 Å². The number of Topliss-reactive ketones (excluding diaryl/α,β-unsaturated/α-hetero) is 1. The van der Waals surface area contributed by atoms with Crippen molar-refractivity contribution in [3.8, 4) is 0 Å². The lowest BCUT2D eigenvalue weighted by Crippen LogP contribution is -2.24. The zero-order chi connectivity index (χ0) is 18.2. The highest BCUT2D eigenvalue weighted by Gasteiger charge is 2.12. The summed E-state index contributed by atoms with van der Waals surface area (Å²) in [4.78, 5) is 28.7. The van der Waals surface area contributed by atoms with E-state index in [9.17, 15) is 9.59 Å². The number of hydrogen-bond acceptors (Lipinski definition) is 5. The maximum atomic E-state index is 12.9. The summed E-state index contributed by atoms with van der Waals surface area (Å²) in [6.45, 7) is 5.42. The molecule has 0 aliphatic carbocycles. The summed E-state index contributed by atoms with van der Waals surface area (Å²) >= 11 is 4.95. The molecule has 25 heavy (non-hydrogen) atoms. The van der Waals surface area contributed by atoms with Gasteiger partial charge in [0.2, 0.25) is 0 Å². The van der Waals surface area contributed by atoms with Gasteiger partial charge in [-0.25, -0.2) is 4.98 Å². The van der Waals surface area contributed by atoms with Crippen molar-refractivity contribution in [3.63, 3.8) is 0 Å². The number of thioether (sulfide) groups is 1. The van der Waals surface area contributed by atoms with Gasteiger partial charge >= 0.3 is 0 Å². The van der Waals surface area contributed by atoms with Crippen molar-refractivity contribution in [2.24, 2.45) is 0 Å². The number of halogens is 1. The zero-order valence-corrected chi connectivity index (χ0v) is 17.0. The molecule has 0 saturated heterocycles. The molecule has 0 N–H and O–H groups in total. The molecule has 0 atom stereocenters. The number of fused-ring (bicyclic) bond motifs is 1. The molecule has 7 heteroatoms. The lowest BCUT2D eigenvalue weighted by Gasteiger charge is -2.13. The minimum atomic E-state index is -0.0307. The van der Waals surface area contributed by atoms with Gasteiger partial charge in [-0.1, -0.05) is 27.7 Å². The second-order valence-electron chi connectivity index (χ2n) is 5.72. The van der Waals surface area contributed by atoms with Crippen LogP contribution in [0.2, 0.25) is 0 Å². The van der Waals surface area contributed by atoms with E-state index in [2.05, 4.69) is 20.9 Å². The van der Waals surface area contributed by atoms with Crippen molar-refractivity contribution < 1.29 is 9.53 Å². The molecule has 0 aliphatic rings. The van der Waals surface area contributed by atoms with Gasteiger partial charge in [0, 0.05) is 36.4 Å². The molecule has 1 aromatic heterocycles. The van der Waals surface area contributed by atoms with Gasteiger partial charge in [-0.3, -0.25) is 9.36 Å². The van der Waals surface area contributed by atoms with Crippen molar-refractivity contribution in [1.29, 1.82) is 0 Å². The molecule has 0 saturated carbocycles. The Hall–Kier alpha value is -1.18. The molecule has 0 radical (unpaired) electrons. The van der Waals surface area contributed by atoms with Gasteiger partial charge in [0.15, 0.2) is 5.16 Å². The van der Waals surface area contributed by atoms with Crippen LogP contribution < -0.4 is 5.56 Å². The third-order valence-corrected chi connectivity index (χ3v) is 5.22. The highest BCUT2D eigenvalue weighted by atomic mass is 79.9. The molecule has 2 rings (SSSR count). The quantitative estimate of drug-likeness (QED) is 0.325. The first kappa shape index (κ1) is 20.1. The first-order chi connectivity index (χ1) is 12.0. The normalized spacial score (nSPS) is 11.2. The predicted octanol–water partition coefficient (Wildman–Crippen LogP) is 4.05. The molecule has 1 aromatic carbocycles. The number of ketones is 1. The van der Waals surface area contributed by atoms with Crippen molar-refractivity contribution in [2.75, 3.05) is 19.0 Å². The first-order valence-electron chi connectivity index (χ1n) is 8.43. The lowest BCUT2D eigenvalue weighted by molar-refractivity contribution is -0.117. The summed E-state index contributed by atoms with van der Waals surface area (Å²) in [7, 11) is 0. The third-order valence-electron chi connectivity index (χ3n) is 3.66. The summed E-state index contributed by atoms with van der Waals surface area (Å²) in [5, 5.41) is 1.32. The second-order valence-corrected chi connectivity index (χ2v) is 7.69. The van der Waals surface area contributed by atoms with E-state index < -0.39 is 0 Å². The third kappa shape index (κ3) is 5.94. The Morgan fingerprint density at radius 1 is 1.36 bits per heavy atom. The van der Waals surface area contributed by atoms with E-state index in [0.717, 1.165) is 23.1 Å². The first-order valence-corrected chi connectivity index (χ1v) is 10.2. The number of hydrogen-bond donors (Lipinski definition) is 0. The van der Waals surface area contributed by atoms with Crippen LogP contribution in [0.3, 0.4) is 0 Å². The van der Waals surface area contributed by atoms with Gasteiger partial charge in [-0.15, -0.1) is 0 Å². The number of carbonyl (C=O) groups is 1. The average Bonchev–Trinajstić information content (AvgIpc) is 2.58. The van der Waals surface area contributed by atoms with Crippen molar-refractivity contribution >= 4 is 44.4 Å². The molecule has 0 unspecified atom stereocenters. The molecule has 0 bridgehead atoms. The molecule has 5 nitrogen and oxygen atoms in total. The molecule has 136 valence electrons. The van der Waals surface area contributed by atoms with Gasteiger partial charge < -0.3 is 9.53 Å². The molecule has 0 amide bonds. The standard InChI is InChI=1S/C18H23BrN2O3S/c1-3-24-10-5-9-21-17(23)15-12-14(19)7-8-16(15)20-18(21)25-11-4-6-13(2)22/h7-8,12H,3-6,9-11H2,1-2H3. The minimum absolute atomic E-state index is 0.0307. The Balaban J connectivity index is 2.26. The highest BCUT2D eigenvalue weighted by molar-refractivity contribution is 9.10. The van der Waals surface area contributed by atoms with Crippen LogP contribution in [-0.4, -0.2) is 34.3 Å². The van der Waals surface area contributed by atoms with Crippen molar-refractivity contribution in [2.45, 2.75) is 44.8 Å². The Morgan fingerprint density at radius 3 is 2.88 bits per heavy atom. The summed E-state index contributed by atoms with van der Waals surface area (Å²) in [6.07, 6.45) is 2.10. The molecule has 0 fully saturated rings. The zero-order valence-electron chi connectivity index (χ0n) is 14.6. The fourth-order valence-electron chi connectivity index (χ4n) is 2.43. The summed E-state index contributed by atoms with van der Waals surface area (Å²) in [6, 6.07) is 5.55. The fourth-order valence-corrected chi connectivity index (χ4v) is 3.76. The maximum Gasteiger partial charge on any atom is 0.262 e. The maximum absolute atomic E-state index is 12.9. The van der Waals surface area contributed by atoms with Gasteiger partial charge in [0.05, 0.1) is 10.9 Å². The average molecular weight is 427 g/mol. The van der Waals surface area contributed by atoms with Gasteiger partial charge in [0.25, 0.3) is 5.56 Å². The van der Waals surface area contributed by atoms with Crippen LogP contribution in [0.1, 0.15) is 33.1 Å². The monoisotopic (exact) mass is 426 g/mol.